The van der Waals surface area contributed by atoms with Gasteiger partial charge in [0, 0.05) is 24.0 Å². The van der Waals surface area contributed by atoms with Crippen LogP contribution in [0.1, 0.15) is 36.3 Å². The van der Waals surface area contributed by atoms with Gasteiger partial charge in [-0.2, -0.15) is 0 Å². The molecule has 140 valence electrons. The maximum Gasteiger partial charge on any atom is 0.358 e. The summed E-state index contributed by atoms with van der Waals surface area (Å²) in [7, 11) is 0. The molecule has 2 rings (SSSR count). The van der Waals surface area contributed by atoms with Crippen molar-refractivity contribution in [3.05, 3.63) is 46.7 Å². The third kappa shape index (κ3) is 6.44. The van der Waals surface area contributed by atoms with Crippen molar-refractivity contribution in [3.63, 3.8) is 0 Å². The summed E-state index contributed by atoms with van der Waals surface area (Å²) in [5.74, 6) is -0.995. The van der Waals surface area contributed by atoms with Gasteiger partial charge in [0.25, 0.3) is 5.91 Å². The number of amides is 1. The highest BCUT2D eigenvalue weighted by Gasteiger charge is 2.14. The molecule has 0 bridgehead atoms. The largest absolute Gasteiger partial charge is 0.451 e. The number of carbonyl (C=O) groups is 2. The van der Waals surface area contributed by atoms with E-state index >= 15 is 0 Å². The van der Waals surface area contributed by atoms with Crippen LogP contribution in [0, 0.1) is 11.7 Å². The summed E-state index contributed by atoms with van der Waals surface area (Å²) >= 11 is 1.31. The monoisotopic (exact) mass is 379 g/mol. The molecule has 0 aliphatic rings. The molecule has 0 radical (unpaired) electrons. The first-order valence-corrected chi connectivity index (χ1v) is 9.20. The molecular weight excluding hydrogens is 357 g/mol. The fourth-order valence-electron chi connectivity index (χ4n) is 2.01. The number of nitrogens with one attached hydrogen (secondary N) is 2. The van der Waals surface area contributed by atoms with E-state index in [4.69, 9.17) is 4.74 Å². The van der Waals surface area contributed by atoms with Crippen LogP contribution in [0.25, 0.3) is 0 Å². The van der Waals surface area contributed by atoms with Gasteiger partial charge in [0.15, 0.2) is 17.4 Å². The number of hydrogen-bond donors (Lipinski definition) is 2. The van der Waals surface area contributed by atoms with Crippen molar-refractivity contribution in [2.45, 2.75) is 26.8 Å². The number of esters is 1. The normalized spacial score (nSPS) is 10.6. The van der Waals surface area contributed by atoms with Crippen LogP contribution in [0.3, 0.4) is 0 Å². The van der Waals surface area contributed by atoms with Gasteiger partial charge >= 0.3 is 5.97 Å². The molecule has 1 aromatic carbocycles. The van der Waals surface area contributed by atoms with Crippen LogP contribution in [-0.4, -0.2) is 30.0 Å². The van der Waals surface area contributed by atoms with Gasteiger partial charge in [-0.15, -0.1) is 11.3 Å². The number of nitrogens with zero attached hydrogens (tertiary/aromatic N) is 1. The third-order valence-corrected chi connectivity index (χ3v) is 4.28. The Morgan fingerprint density at radius 3 is 2.81 bits per heavy atom. The Labute approximate surface area is 155 Å². The second-order valence-electron chi connectivity index (χ2n) is 6.09. The van der Waals surface area contributed by atoms with Crippen molar-refractivity contribution in [1.82, 2.24) is 10.3 Å². The van der Waals surface area contributed by atoms with Crippen LogP contribution in [0.5, 0.6) is 0 Å². The van der Waals surface area contributed by atoms with Crippen LogP contribution in [0.15, 0.2) is 29.6 Å². The average Bonchev–Trinajstić information content (AvgIpc) is 3.07. The maximum absolute atomic E-state index is 13.5. The highest BCUT2D eigenvalue weighted by molar-refractivity contribution is 7.13. The van der Waals surface area contributed by atoms with Gasteiger partial charge in [-0.25, -0.2) is 14.2 Å². The molecule has 6 nitrogen and oxygen atoms in total. The standard InChI is InChI=1S/C18H22FN3O3S/c1-12(2)7-8-20-18-22-15(11-26-18)17(24)25-10-16(23)21-9-13-5-3-4-6-14(13)19/h3-6,11-12H,7-10H2,1-2H3,(H,20,22)(H,21,23). The van der Waals surface area contributed by atoms with Crippen molar-refractivity contribution >= 4 is 28.3 Å². The van der Waals surface area contributed by atoms with Gasteiger partial charge < -0.3 is 15.4 Å². The summed E-state index contributed by atoms with van der Waals surface area (Å²) in [5, 5.41) is 7.87. The minimum atomic E-state index is -0.667. The van der Waals surface area contributed by atoms with Crippen LogP contribution < -0.4 is 10.6 Å². The number of anilines is 1. The van der Waals surface area contributed by atoms with E-state index in [1.54, 1.807) is 23.6 Å². The quantitative estimate of drug-likeness (QED) is 0.654. The predicted octanol–water partition coefficient (Wildman–Crippen LogP) is 3.21. The molecule has 2 N–H and O–H groups in total. The number of halogens is 1. The second-order valence-corrected chi connectivity index (χ2v) is 6.95. The Bertz CT molecular complexity index is 749. The zero-order chi connectivity index (χ0) is 18.9. The van der Waals surface area contributed by atoms with E-state index in [0.717, 1.165) is 13.0 Å². The van der Waals surface area contributed by atoms with E-state index < -0.39 is 24.3 Å². The van der Waals surface area contributed by atoms with Crippen LogP contribution in [0.2, 0.25) is 0 Å². The van der Waals surface area contributed by atoms with E-state index in [0.29, 0.717) is 16.6 Å². The molecule has 0 atom stereocenters. The zero-order valence-electron chi connectivity index (χ0n) is 14.8. The number of benzene rings is 1. The second kappa shape index (κ2) is 9.86. The molecule has 26 heavy (non-hydrogen) atoms. The molecule has 0 saturated carbocycles. The predicted molar refractivity (Wildman–Crippen MR) is 98.6 cm³/mol. The number of ether oxygens (including phenoxy) is 1. The zero-order valence-corrected chi connectivity index (χ0v) is 15.6. The molecule has 0 fully saturated rings. The molecular formula is C18H22FN3O3S. The average molecular weight is 379 g/mol. The third-order valence-electron chi connectivity index (χ3n) is 3.48. The minimum absolute atomic E-state index is 0.0314. The molecule has 1 aromatic heterocycles. The summed E-state index contributed by atoms with van der Waals surface area (Å²) < 4.78 is 18.4. The molecule has 0 unspecified atom stereocenters. The molecule has 1 heterocycles. The smallest absolute Gasteiger partial charge is 0.358 e. The van der Waals surface area contributed by atoms with Gasteiger partial charge in [0.05, 0.1) is 0 Å². The number of aromatic nitrogens is 1. The molecule has 2 aromatic rings. The molecule has 0 aliphatic carbocycles. The number of hydrogen-bond acceptors (Lipinski definition) is 6. The summed E-state index contributed by atoms with van der Waals surface area (Å²) in [6.07, 6.45) is 1.00. The summed E-state index contributed by atoms with van der Waals surface area (Å²) in [6.45, 7) is 4.62. The number of rotatable bonds is 9. The Morgan fingerprint density at radius 1 is 1.31 bits per heavy atom. The van der Waals surface area contributed by atoms with E-state index in [9.17, 15) is 14.0 Å². The molecule has 0 aliphatic heterocycles. The lowest BCUT2D eigenvalue weighted by atomic mass is 10.1. The Morgan fingerprint density at radius 2 is 2.08 bits per heavy atom. The topological polar surface area (TPSA) is 80.3 Å². The van der Waals surface area contributed by atoms with Gasteiger partial charge in [-0.05, 0) is 18.4 Å². The SMILES string of the molecule is CC(C)CCNc1nc(C(=O)OCC(=O)NCc2ccccc2F)cs1. The van der Waals surface area contributed by atoms with E-state index in [1.807, 2.05) is 0 Å². The van der Waals surface area contributed by atoms with Gasteiger partial charge in [0.2, 0.25) is 0 Å². The number of thiazole rings is 1. The Kier molecular flexibility index (Phi) is 7.53. The lowest BCUT2D eigenvalue weighted by Gasteiger charge is -2.06. The molecule has 0 saturated heterocycles. The number of carbonyl (C=O) groups excluding carboxylic acids is 2. The molecule has 1 amide bonds. The van der Waals surface area contributed by atoms with E-state index in [2.05, 4.69) is 29.5 Å². The van der Waals surface area contributed by atoms with Gasteiger partial charge in [0.1, 0.15) is 5.82 Å². The van der Waals surface area contributed by atoms with Crippen LogP contribution >= 0.6 is 11.3 Å². The Balaban J connectivity index is 1.73. The first kappa shape index (κ1) is 19.8. The van der Waals surface area contributed by atoms with E-state index in [1.165, 1.54) is 17.4 Å². The summed E-state index contributed by atoms with van der Waals surface area (Å²) in [4.78, 5) is 27.8. The maximum atomic E-state index is 13.5. The van der Waals surface area contributed by atoms with Crippen molar-refractivity contribution in [2.75, 3.05) is 18.5 Å². The fraction of sp³-hybridized carbons (Fsp3) is 0.389. The van der Waals surface area contributed by atoms with Crippen molar-refractivity contribution in [2.24, 2.45) is 5.92 Å². The van der Waals surface area contributed by atoms with Crippen molar-refractivity contribution < 1.29 is 18.7 Å². The van der Waals surface area contributed by atoms with Gasteiger partial charge in [-0.3, -0.25) is 4.79 Å². The van der Waals surface area contributed by atoms with Crippen LogP contribution in [-0.2, 0) is 16.1 Å². The minimum Gasteiger partial charge on any atom is -0.451 e. The highest BCUT2D eigenvalue weighted by Crippen LogP contribution is 2.16. The lowest BCUT2D eigenvalue weighted by molar-refractivity contribution is -0.124. The first-order valence-electron chi connectivity index (χ1n) is 8.32. The molecule has 0 spiro atoms. The van der Waals surface area contributed by atoms with Gasteiger partial charge in [-0.1, -0.05) is 32.0 Å². The summed E-state index contributed by atoms with van der Waals surface area (Å²) in [6, 6.07) is 6.14. The highest BCUT2D eigenvalue weighted by atomic mass is 32.1. The summed E-state index contributed by atoms with van der Waals surface area (Å²) in [5.41, 5.74) is 0.521. The fourth-order valence-corrected chi connectivity index (χ4v) is 2.72. The first-order chi connectivity index (χ1) is 12.5. The Hall–Kier alpha value is -2.48. The molecule has 8 heteroatoms. The van der Waals surface area contributed by atoms with Crippen molar-refractivity contribution in [1.29, 1.82) is 0 Å². The van der Waals surface area contributed by atoms with E-state index in [-0.39, 0.29) is 12.2 Å². The van der Waals surface area contributed by atoms with Crippen LogP contribution in [0.4, 0.5) is 9.52 Å². The lowest BCUT2D eigenvalue weighted by Crippen LogP contribution is -2.28. The van der Waals surface area contributed by atoms with Crippen molar-refractivity contribution in [3.8, 4) is 0 Å².